The van der Waals surface area contributed by atoms with E-state index in [2.05, 4.69) is 41.5 Å². The van der Waals surface area contributed by atoms with Gasteiger partial charge in [-0.3, -0.25) is 9.59 Å². The van der Waals surface area contributed by atoms with Crippen LogP contribution < -0.4 is 15.4 Å². The molecule has 1 saturated carbocycles. The molecule has 0 spiro atoms. The van der Waals surface area contributed by atoms with Gasteiger partial charge in [-0.1, -0.05) is 56.2 Å². The minimum atomic E-state index is -0.521. The predicted molar refractivity (Wildman–Crippen MR) is 153 cm³/mol. The number of anilines is 1. The maximum Gasteiger partial charge on any atom is 0.274 e. The lowest BCUT2D eigenvalue weighted by Gasteiger charge is -2.26. The van der Waals surface area contributed by atoms with Crippen LogP contribution in [0.25, 0.3) is 5.82 Å². The van der Waals surface area contributed by atoms with Gasteiger partial charge in [0, 0.05) is 41.5 Å². The van der Waals surface area contributed by atoms with Crippen LogP contribution in [0.1, 0.15) is 66.4 Å². The van der Waals surface area contributed by atoms with E-state index in [9.17, 15) is 9.59 Å². The monoisotopic (exact) mass is 573 g/mol. The summed E-state index contributed by atoms with van der Waals surface area (Å²) < 4.78 is 7.26. The molecule has 0 bridgehead atoms. The number of aromatic nitrogens is 3. The van der Waals surface area contributed by atoms with Crippen LogP contribution in [0.3, 0.4) is 0 Å². The zero-order valence-corrected chi connectivity index (χ0v) is 23.9. The number of pyridine rings is 1. The molecule has 8 nitrogen and oxygen atoms in total. The largest absolute Gasteiger partial charge is 0.473 e. The van der Waals surface area contributed by atoms with Crippen molar-refractivity contribution in [1.82, 2.24) is 20.1 Å². The van der Waals surface area contributed by atoms with Gasteiger partial charge in [-0.25, -0.2) is 9.67 Å². The van der Waals surface area contributed by atoms with Gasteiger partial charge in [-0.2, -0.15) is 0 Å². The summed E-state index contributed by atoms with van der Waals surface area (Å²) in [6.07, 6.45) is 3.57. The highest BCUT2D eigenvalue weighted by Crippen LogP contribution is 2.29. The van der Waals surface area contributed by atoms with Gasteiger partial charge in [0.1, 0.15) is 11.8 Å². The SMILES string of the molecule is Cc1cc(Cl)cc(C(=O)NCCC(C)(C)C)c1NC(=O)c1cc(OC2CC(=S)C2)nn1-c1ncccc1Cl. The Balaban J connectivity index is 1.65. The van der Waals surface area contributed by atoms with Gasteiger partial charge < -0.3 is 15.4 Å². The Hall–Kier alpha value is -3.01. The fourth-order valence-electron chi connectivity index (χ4n) is 3.89. The highest BCUT2D eigenvalue weighted by molar-refractivity contribution is 7.80. The quantitative estimate of drug-likeness (QED) is 0.311. The second-order valence-corrected chi connectivity index (χ2v) is 11.9. The molecule has 2 amide bonds. The van der Waals surface area contributed by atoms with Crippen LogP contribution in [0.15, 0.2) is 36.5 Å². The number of nitrogens with zero attached hydrogens (tertiary/aromatic N) is 3. The van der Waals surface area contributed by atoms with E-state index in [0.717, 1.165) is 11.3 Å². The van der Waals surface area contributed by atoms with Crippen molar-refractivity contribution < 1.29 is 14.3 Å². The molecule has 1 aliphatic carbocycles. The van der Waals surface area contributed by atoms with E-state index in [1.807, 2.05) is 0 Å². The highest BCUT2D eigenvalue weighted by Gasteiger charge is 2.28. The average molecular weight is 575 g/mol. The molecular formula is C27H29Cl2N5O3S. The number of hydrogen-bond donors (Lipinski definition) is 2. The van der Waals surface area contributed by atoms with Gasteiger partial charge in [-0.05, 0) is 48.6 Å². The van der Waals surface area contributed by atoms with Crippen molar-refractivity contribution >= 4 is 57.8 Å². The number of aryl methyl sites for hydroxylation is 1. The minimum Gasteiger partial charge on any atom is -0.473 e. The highest BCUT2D eigenvalue weighted by atomic mass is 35.5. The second kappa shape index (κ2) is 11.4. The van der Waals surface area contributed by atoms with E-state index in [0.29, 0.717) is 40.7 Å². The summed E-state index contributed by atoms with van der Waals surface area (Å²) in [4.78, 5) is 32.0. The van der Waals surface area contributed by atoms with Gasteiger partial charge in [-0.15, -0.1) is 5.10 Å². The van der Waals surface area contributed by atoms with E-state index >= 15 is 0 Å². The summed E-state index contributed by atoms with van der Waals surface area (Å²) in [5, 5.41) is 10.9. The molecule has 0 unspecified atom stereocenters. The molecule has 0 saturated heterocycles. The van der Waals surface area contributed by atoms with Crippen molar-refractivity contribution in [1.29, 1.82) is 0 Å². The van der Waals surface area contributed by atoms with Crippen LogP contribution >= 0.6 is 35.4 Å². The number of carbonyl (C=O) groups excluding carboxylic acids is 2. The molecule has 200 valence electrons. The van der Waals surface area contributed by atoms with Gasteiger partial charge in [0.15, 0.2) is 5.82 Å². The first-order valence-electron chi connectivity index (χ1n) is 12.2. The summed E-state index contributed by atoms with van der Waals surface area (Å²) in [5.74, 6) is -0.336. The zero-order chi connectivity index (χ0) is 27.6. The van der Waals surface area contributed by atoms with Crippen LogP contribution in [0.4, 0.5) is 5.69 Å². The van der Waals surface area contributed by atoms with E-state index < -0.39 is 5.91 Å². The minimum absolute atomic E-state index is 0.0594. The fraction of sp³-hybridized carbons (Fsp3) is 0.370. The number of nitrogens with one attached hydrogen (secondary N) is 2. The normalized spacial score (nSPS) is 13.7. The first-order chi connectivity index (χ1) is 17.9. The number of ether oxygens (including phenoxy) is 1. The third-order valence-electron chi connectivity index (χ3n) is 6.00. The first-order valence-corrected chi connectivity index (χ1v) is 13.4. The third kappa shape index (κ3) is 6.70. The molecule has 2 heterocycles. The van der Waals surface area contributed by atoms with Crippen LogP contribution in [0, 0.1) is 12.3 Å². The van der Waals surface area contributed by atoms with Crippen molar-refractivity contribution in [3.05, 3.63) is 63.4 Å². The van der Waals surface area contributed by atoms with Crippen LogP contribution in [-0.2, 0) is 0 Å². The number of carbonyl (C=O) groups is 2. The second-order valence-electron chi connectivity index (χ2n) is 10.4. The summed E-state index contributed by atoms with van der Waals surface area (Å²) in [6, 6.07) is 8.09. The predicted octanol–water partition coefficient (Wildman–Crippen LogP) is 6.21. The molecule has 2 N–H and O–H groups in total. The smallest absolute Gasteiger partial charge is 0.274 e. The lowest BCUT2D eigenvalue weighted by molar-refractivity contribution is 0.0950. The first kappa shape index (κ1) is 28.0. The molecule has 4 rings (SSSR count). The van der Waals surface area contributed by atoms with Gasteiger partial charge in [0.2, 0.25) is 5.88 Å². The number of benzene rings is 1. The van der Waals surface area contributed by atoms with Crippen molar-refractivity contribution in [2.75, 3.05) is 11.9 Å². The lowest BCUT2D eigenvalue weighted by atomic mass is 9.92. The van der Waals surface area contributed by atoms with E-state index in [-0.39, 0.29) is 40.4 Å². The Morgan fingerprint density at radius 1 is 1.18 bits per heavy atom. The Kier molecular flexibility index (Phi) is 8.40. The Morgan fingerprint density at radius 2 is 1.92 bits per heavy atom. The maximum atomic E-state index is 13.6. The lowest BCUT2D eigenvalue weighted by Crippen LogP contribution is -2.32. The zero-order valence-electron chi connectivity index (χ0n) is 21.6. The Bertz CT molecular complexity index is 1390. The van der Waals surface area contributed by atoms with Crippen molar-refractivity contribution in [2.45, 2.75) is 53.1 Å². The molecule has 2 aromatic heterocycles. The van der Waals surface area contributed by atoms with E-state index in [1.54, 1.807) is 31.3 Å². The number of halogens is 2. The summed E-state index contributed by atoms with van der Waals surface area (Å²) in [7, 11) is 0. The summed E-state index contributed by atoms with van der Waals surface area (Å²) in [5.41, 5.74) is 1.44. The molecule has 0 aliphatic heterocycles. The number of thiocarbonyl (C=S) groups is 1. The van der Waals surface area contributed by atoms with Crippen LogP contribution in [0.2, 0.25) is 10.0 Å². The summed E-state index contributed by atoms with van der Waals surface area (Å²) >= 11 is 17.8. The van der Waals surface area contributed by atoms with Gasteiger partial charge >= 0.3 is 0 Å². The Morgan fingerprint density at radius 3 is 2.58 bits per heavy atom. The maximum absolute atomic E-state index is 13.6. The summed E-state index contributed by atoms with van der Waals surface area (Å²) in [6.45, 7) is 8.56. The molecular weight excluding hydrogens is 545 g/mol. The van der Waals surface area contributed by atoms with Crippen LogP contribution in [-0.4, -0.2) is 44.1 Å². The van der Waals surface area contributed by atoms with Crippen molar-refractivity contribution in [3.63, 3.8) is 0 Å². The molecule has 0 radical (unpaired) electrons. The fourth-order valence-corrected chi connectivity index (χ4v) is 4.73. The third-order valence-corrected chi connectivity index (χ3v) is 6.85. The number of amides is 2. The van der Waals surface area contributed by atoms with E-state index in [4.69, 9.17) is 40.2 Å². The standard InChI is InChI=1S/C27H29Cl2N5O3S/c1-15-10-16(28)11-19(25(35)31-9-7-27(2,3)4)23(15)32-26(36)21-14-22(37-17-12-18(38)13-17)33-34(21)24-20(29)6-5-8-30-24/h5-6,8,10-11,14,17H,7,9,12-13H2,1-4H3,(H,31,35)(H,32,36). The van der Waals surface area contributed by atoms with Crippen molar-refractivity contribution in [2.24, 2.45) is 5.41 Å². The van der Waals surface area contributed by atoms with Crippen LogP contribution in [0.5, 0.6) is 5.88 Å². The van der Waals surface area contributed by atoms with Gasteiger partial charge in [0.05, 0.1) is 16.3 Å². The molecule has 1 aliphatic rings. The molecule has 1 fully saturated rings. The van der Waals surface area contributed by atoms with E-state index in [1.165, 1.54) is 16.8 Å². The molecule has 11 heteroatoms. The van der Waals surface area contributed by atoms with Gasteiger partial charge in [0.25, 0.3) is 11.8 Å². The molecule has 0 atom stereocenters. The topological polar surface area (TPSA) is 98.1 Å². The Labute approximate surface area is 237 Å². The number of rotatable bonds is 8. The molecule has 1 aromatic carbocycles. The van der Waals surface area contributed by atoms with Crippen molar-refractivity contribution in [3.8, 4) is 11.7 Å². The average Bonchev–Trinajstić information content (AvgIpc) is 3.22. The molecule has 38 heavy (non-hydrogen) atoms. The molecule has 3 aromatic rings. The number of hydrogen-bond acceptors (Lipinski definition) is 6.